The lowest BCUT2D eigenvalue weighted by Gasteiger charge is -2.10. The Labute approximate surface area is 140 Å². The Balaban J connectivity index is 0.00000192. The molecule has 2 heterocycles. The SMILES string of the molecule is Cl.O=C(CCc1ccc(-c2ccccc2F)o1)NC1CCNC1. The molecule has 3 rings (SSSR count). The lowest BCUT2D eigenvalue weighted by molar-refractivity contribution is -0.121. The number of hydrogen-bond acceptors (Lipinski definition) is 3. The maximum atomic E-state index is 13.7. The van der Waals surface area contributed by atoms with Crippen LogP contribution >= 0.6 is 12.4 Å². The summed E-state index contributed by atoms with van der Waals surface area (Å²) in [7, 11) is 0. The van der Waals surface area contributed by atoms with Crippen molar-refractivity contribution in [1.82, 2.24) is 10.6 Å². The van der Waals surface area contributed by atoms with Gasteiger partial charge in [-0.25, -0.2) is 4.39 Å². The number of carbonyl (C=O) groups is 1. The summed E-state index contributed by atoms with van der Waals surface area (Å²) >= 11 is 0. The quantitative estimate of drug-likeness (QED) is 0.881. The van der Waals surface area contributed by atoms with E-state index in [9.17, 15) is 9.18 Å². The molecule has 0 bridgehead atoms. The van der Waals surface area contributed by atoms with E-state index in [-0.39, 0.29) is 30.2 Å². The van der Waals surface area contributed by atoms with Crippen molar-refractivity contribution < 1.29 is 13.6 Å². The molecule has 1 aliphatic rings. The normalized spacial score (nSPS) is 16.8. The van der Waals surface area contributed by atoms with Crippen LogP contribution in [0.4, 0.5) is 4.39 Å². The Hall–Kier alpha value is -1.85. The number of halogens is 2. The molecule has 1 amide bonds. The summed E-state index contributed by atoms with van der Waals surface area (Å²) in [6, 6.07) is 10.3. The molecule has 0 aliphatic carbocycles. The van der Waals surface area contributed by atoms with Crippen LogP contribution in [0, 0.1) is 5.82 Å². The third kappa shape index (κ3) is 4.56. The molecule has 2 aromatic rings. The molecule has 1 atom stereocenters. The van der Waals surface area contributed by atoms with Gasteiger partial charge in [-0.1, -0.05) is 12.1 Å². The van der Waals surface area contributed by atoms with Crippen molar-refractivity contribution in [3.8, 4) is 11.3 Å². The minimum Gasteiger partial charge on any atom is -0.461 e. The summed E-state index contributed by atoms with van der Waals surface area (Å²) in [4.78, 5) is 11.9. The van der Waals surface area contributed by atoms with Crippen LogP contribution in [0.2, 0.25) is 0 Å². The molecule has 1 saturated heterocycles. The van der Waals surface area contributed by atoms with Crippen molar-refractivity contribution in [2.75, 3.05) is 13.1 Å². The van der Waals surface area contributed by atoms with Gasteiger partial charge in [0.15, 0.2) is 0 Å². The smallest absolute Gasteiger partial charge is 0.220 e. The molecule has 124 valence electrons. The monoisotopic (exact) mass is 338 g/mol. The third-order valence-corrected chi connectivity index (χ3v) is 3.82. The van der Waals surface area contributed by atoms with Crippen molar-refractivity contribution in [2.45, 2.75) is 25.3 Å². The average molecular weight is 339 g/mol. The Morgan fingerprint density at radius 2 is 2.13 bits per heavy atom. The lowest BCUT2D eigenvalue weighted by atomic mass is 10.1. The van der Waals surface area contributed by atoms with Gasteiger partial charge in [0.25, 0.3) is 0 Å². The van der Waals surface area contributed by atoms with Gasteiger partial charge >= 0.3 is 0 Å². The van der Waals surface area contributed by atoms with Crippen molar-refractivity contribution in [3.63, 3.8) is 0 Å². The van der Waals surface area contributed by atoms with E-state index in [0.717, 1.165) is 19.5 Å². The molecule has 4 nitrogen and oxygen atoms in total. The second-order valence-electron chi connectivity index (χ2n) is 5.50. The maximum absolute atomic E-state index is 13.7. The molecule has 1 fully saturated rings. The van der Waals surface area contributed by atoms with E-state index in [1.165, 1.54) is 6.07 Å². The number of rotatable bonds is 5. The fourth-order valence-electron chi connectivity index (χ4n) is 2.63. The Bertz CT molecular complexity index is 654. The van der Waals surface area contributed by atoms with Gasteiger partial charge in [0.2, 0.25) is 5.91 Å². The van der Waals surface area contributed by atoms with Gasteiger partial charge < -0.3 is 15.1 Å². The molecule has 1 aromatic carbocycles. The predicted octanol–water partition coefficient (Wildman–Crippen LogP) is 2.92. The van der Waals surface area contributed by atoms with E-state index in [1.807, 2.05) is 0 Å². The van der Waals surface area contributed by atoms with E-state index < -0.39 is 0 Å². The maximum Gasteiger partial charge on any atom is 0.220 e. The topological polar surface area (TPSA) is 54.3 Å². The molecular weight excluding hydrogens is 319 g/mol. The summed E-state index contributed by atoms with van der Waals surface area (Å²) in [5.74, 6) is 0.902. The molecule has 0 saturated carbocycles. The summed E-state index contributed by atoms with van der Waals surface area (Å²) in [6.45, 7) is 1.79. The number of amides is 1. The summed E-state index contributed by atoms with van der Waals surface area (Å²) in [5, 5.41) is 6.20. The first kappa shape index (κ1) is 17.5. The zero-order valence-electron chi connectivity index (χ0n) is 12.7. The first-order valence-corrected chi connectivity index (χ1v) is 7.56. The molecule has 0 spiro atoms. The Morgan fingerprint density at radius 3 is 2.87 bits per heavy atom. The van der Waals surface area contributed by atoms with Gasteiger partial charge in [0, 0.05) is 25.4 Å². The number of aryl methyl sites for hydroxylation is 1. The molecule has 23 heavy (non-hydrogen) atoms. The van der Waals surface area contributed by atoms with Gasteiger partial charge in [-0.05, 0) is 37.2 Å². The van der Waals surface area contributed by atoms with Crippen LogP contribution < -0.4 is 10.6 Å². The van der Waals surface area contributed by atoms with Gasteiger partial charge in [-0.3, -0.25) is 4.79 Å². The molecule has 0 radical (unpaired) electrons. The predicted molar refractivity (Wildman–Crippen MR) is 89.1 cm³/mol. The van der Waals surface area contributed by atoms with Crippen molar-refractivity contribution >= 4 is 18.3 Å². The first-order chi connectivity index (χ1) is 10.7. The van der Waals surface area contributed by atoms with Crippen molar-refractivity contribution in [1.29, 1.82) is 0 Å². The number of benzene rings is 1. The summed E-state index contributed by atoms with van der Waals surface area (Å²) < 4.78 is 19.3. The van der Waals surface area contributed by atoms with Crippen molar-refractivity contribution in [2.24, 2.45) is 0 Å². The second-order valence-corrected chi connectivity index (χ2v) is 5.50. The van der Waals surface area contributed by atoms with E-state index in [2.05, 4.69) is 10.6 Å². The minimum atomic E-state index is -0.310. The van der Waals surface area contributed by atoms with Crippen LogP contribution in [0.25, 0.3) is 11.3 Å². The number of furan rings is 1. The fourth-order valence-corrected chi connectivity index (χ4v) is 2.63. The molecule has 2 N–H and O–H groups in total. The molecule has 1 aromatic heterocycles. The highest BCUT2D eigenvalue weighted by Crippen LogP contribution is 2.25. The Morgan fingerprint density at radius 1 is 1.30 bits per heavy atom. The van der Waals surface area contributed by atoms with Crippen molar-refractivity contribution in [3.05, 3.63) is 48.0 Å². The highest BCUT2D eigenvalue weighted by Gasteiger charge is 2.17. The van der Waals surface area contributed by atoms with E-state index in [1.54, 1.807) is 30.3 Å². The van der Waals surface area contributed by atoms with Crippen LogP contribution in [0.5, 0.6) is 0 Å². The van der Waals surface area contributed by atoms with Crippen LogP contribution in [0.3, 0.4) is 0 Å². The molecule has 1 aliphatic heterocycles. The van der Waals surface area contributed by atoms with Crippen LogP contribution in [0.1, 0.15) is 18.6 Å². The largest absolute Gasteiger partial charge is 0.461 e. The standard InChI is InChI=1S/C17H19FN2O2.ClH/c18-15-4-2-1-3-14(15)16-7-5-13(22-16)6-8-17(21)20-12-9-10-19-11-12;/h1-5,7,12,19H,6,8-11H2,(H,20,21);1H. The van der Waals surface area contributed by atoms with Gasteiger partial charge in [-0.15, -0.1) is 12.4 Å². The Kier molecular flexibility index (Phi) is 6.19. The third-order valence-electron chi connectivity index (χ3n) is 3.82. The van der Waals surface area contributed by atoms with E-state index >= 15 is 0 Å². The highest BCUT2D eigenvalue weighted by molar-refractivity contribution is 5.85. The number of carbonyl (C=O) groups excluding carboxylic acids is 1. The zero-order chi connectivity index (χ0) is 15.4. The minimum absolute atomic E-state index is 0. The van der Waals surface area contributed by atoms with Gasteiger partial charge in [0.1, 0.15) is 17.3 Å². The van der Waals surface area contributed by atoms with Crippen LogP contribution in [-0.2, 0) is 11.2 Å². The average Bonchev–Trinajstić information content (AvgIpc) is 3.17. The molecular formula is C17H20ClFN2O2. The van der Waals surface area contributed by atoms with E-state index in [0.29, 0.717) is 29.9 Å². The zero-order valence-corrected chi connectivity index (χ0v) is 13.5. The van der Waals surface area contributed by atoms with Crippen LogP contribution in [-0.4, -0.2) is 25.0 Å². The highest BCUT2D eigenvalue weighted by atomic mass is 35.5. The number of nitrogens with one attached hydrogen (secondary N) is 2. The first-order valence-electron chi connectivity index (χ1n) is 7.56. The molecule has 6 heteroatoms. The summed E-state index contributed by atoms with van der Waals surface area (Å²) in [5.41, 5.74) is 0.440. The molecule has 1 unspecified atom stereocenters. The summed E-state index contributed by atoms with van der Waals surface area (Å²) in [6.07, 6.45) is 1.87. The fraction of sp³-hybridized carbons (Fsp3) is 0.353. The second kappa shape index (κ2) is 8.13. The van der Waals surface area contributed by atoms with Gasteiger partial charge in [-0.2, -0.15) is 0 Å². The van der Waals surface area contributed by atoms with Crippen LogP contribution in [0.15, 0.2) is 40.8 Å². The number of hydrogen-bond donors (Lipinski definition) is 2. The lowest BCUT2D eigenvalue weighted by Crippen LogP contribution is -2.36. The van der Waals surface area contributed by atoms with E-state index in [4.69, 9.17) is 4.42 Å². The van der Waals surface area contributed by atoms with Gasteiger partial charge in [0.05, 0.1) is 5.56 Å².